The zero-order chi connectivity index (χ0) is 9.47. The molecule has 0 heterocycles. The second-order valence-corrected chi connectivity index (χ2v) is 4.60. The average Bonchev–Trinajstić information content (AvgIpc) is 2.84. The second kappa shape index (κ2) is 3.10. The number of benzene rings is 1. The number of rotatable bonds is 2. The van der Waals surface area contributed by atoms with Crippen LogP contribution < -0.4 is 0 Å². The van der Waals surface area contributed by atoms with Crippen LogP contribution >= 0.6 is 15.9 Å². The number of aliphatic hydroxyl groups is 1. The van der Waals surface area contributed by atoms with Gasteiger partial charge in [-0.2, -0.15) is 0 Å². The lowest BCUT2D eigenvalue weighted by Crippen LogP contribution is -2.07. The lowest BCUT2D eigenvalue weighted by atomic mass is 9.99. The molecule has 0 radical (unpaired) electrons. The van der Waals surface area contributed by atoms with E-state index in [9.17, 15) is 5.11 Å². The van der Waals surface area contributed by atoms with Crippen molar-refractivity contribution < 1.29 is 5.11 Å². The van der Waals surface area contributed by atoms with Gasteiger partial charge in [-0.1, -0.05) is 28.9 Å². The quantitative estimate of drug-likeness (QED) is 0.843. The van der Waals surface area contributed by atoms with Crippen LogP contribution in [0.4, 0.5) is 0 Å². The van der Waals surface area contributed by atoms with Gasteiger partial charge in [0.15, 0.2) is 0 Å². The van der Waals surface area contributed by atoms with Gasteiger partial charge in [0.25, 0.3) is 0 Å². The van der Waals surface area contributed by atoms with Gasteiger partial charge in [-0.05, 0) is 42.5 Å². The average molecular weight is 241 g/mol. The van der Waals surface area contributed by atoms with Crippen molar-refractivity contribution in [2.75, 3.05) is 0 Å². The molecule has 0 aliphatic heterocycles. The molecule has 0 unspecified atom stereocenters. The van der Waals surface area contributed by atoms with Gasteiger partial charge >= 0.3 is 0 Å². The van der Waals surface area contributed by atoms with Crippen LogP contribution in [-0.2, 0) is 12.0 Å². The Labute approximate surface area is 86.9 Å². The van der Waals surface area contributed by atoms with Gasteiger partial charge < -0.3 is 5.11 Å². The molecule has 1 aromatic carbocycles. The molecule has 0 bridgehead atoms. The van der Waals surface area contributed by atoms with Crippen LogP contribution in [0.1, 0.15) is 30.9 Å². The highest BCUT2D eigenvalue weighted by atomic mass is 79.9. The van der Waals surface area contributed by atoms with Crippen LogP contribution in [0.3, 0.4) is 0 Å². The smallest absolute Gasteiger partial charge is 0.0901 e. The molecule has 1 aromatic rings. The van der Waals surface area contributed by atoms with E-state index in [-0.39, 0.29) is 0 Å². The fraction of sp³-hybridized carbons (Fsp3) is 0.455. The normalized spacial score (nSPS) is 18.7. The standard InChI is InChI=1S/C11H13BrO/c1-2-8-7-9(12)3-4-10(8)11(13)5-6-11/h3-4,7,13H,2,5-6H2,1H3. The van der Waals surface area contributed by atoms with E-state index in [1.54, 1.807) is 0 Å². The highest BCUT2D eigenvalue weighted by molar-refractivity contribution is 9.10. The van der Waals surface area contributed by atoms with Gasteiger partial charge in [-0.15, -0.1) is 0 Å². The topological polar surface area (TPSA) is 20.2 Å². The second-order valence-electron chi connectivity index (χ2n) is 3.69. The summed E-state index contributed by atoms with van der Waals surface area (Å²) in [7, 11) is 0. The zero-order valence-corrected chi connectivity index (χ0v) is 9.26. The van der Waals surface area contributed by atoms with E-state index in [0.29, 0.717) is 0 Å². The number of hydrogen-bond donors (Lipinski definition) is 1. The van der Waals surface area contributed by atoms with Gasteiger partial charge in [0.05, 0.1) is 5.60 Å². The van der Waals surface area contributed by atoms with E-state index in [0.717, 1.165) is 29.3 Å². The molecule has 13 heavy (non-hydrogen) atoms. The van der Waals surface area contributed by atoms with Crippen LogP contribution in [0, 0.1) is 0 Å². The van der Waals surface area contributed by atoms with E-state index >= 15 is 0 Å². The molecule has 1 fully saturated rings. The maximum Gasteiger partial charge on any atom is 0.0901 e. The fourth-order valence-corrected chi connectivity index (χ4v) is 2.11. The monoisotopic (exact) mass is 240 g/mol. The Kier molecular flexibility index (Phi) is 2.20. The Morgan fingerprint density at radius 1 is 1.46 bits per heavy atom. The third kappa shape index (κ3) is 1.65. The van der Waals surface area contributed by atoms with Crippen molar-refractivity contribution in [3.8, 4) is 0 Å². The van der Waals surface area contributed by atoms with Gasteiger partial charge in [0.1, 0.15) is 0 Å². The van der Waals surface area contributed by atoms with E-state index in [1.807, 2.05) is 12.1 Å². The van der Waals surface area contributed by atoms with Crippen molar-refractivity contribution in [3.63, 3.8) is 0 Å². The SMILES string of the molecule is CCc1cc(Br)ccc1C1(O)CC1. The lowest BCUT2D eigenvalue weighted by molar-refractivity contribution is 0.150. The summed E-state index contributed by atoms with van der Waals surface area (Å²) in [6, 6.07) is 6.15. The molecular weight excluding hydrogens is 228 g/mol. The molecule has 0 saturated heterocycles. The molecule has 0 atom stereocenters. The molecule has 0 aromatic heterocycles. The lowest BCUT2D eigenvalue weighted by Gasteiger charge is -2.13. The third-order valence-corrected chi connectivity index (χ3v) is 3.17. The first-order valence-corrected chi connectivity index (χ1v) is 5.46. The van der Waals surface area contributed by atoms with Gasteiger partial charge in [0, 0.05) is 4.47 Å². The summed E-state index contributed by atoms with van der Waals surface area (Å²) in [5, 5.41) is 9.99. The minimum absolute atomic E-state index is 0.494. The maximum atomic E-state index is 9.99. The minimum Gasteiger partial charge on any atom is -0.385 e. The molecule has 1 aliphatic carbocycles. The largest absolute Gasteiger partial charge is 0.385 e. The van der Waals surface area contributed by atoms with E-state index < -0.39 is 5.60 Å². The summed E-state index contributed by atoms with van der Waals surface area (Å²) in [5.74, 6) is 0. The summed E-state index contributed by atoms with van der Waals surface area (Å²) < 4.78 is 1.09. The highest BCUT2D eigenvalue weighted by Gasteiger charge is 2.43. The first-order chi connectivity index (χ1) is 6.15. The first-order valence-electron chi connectivity index (χ1n) is 4.67. The van der Waals surface area contributed by atoms with Crippen LogP contribution in [0.2, 0.25) is 0 Å². The van der Waals surface area contributed by atoms with Crippen LogP contribution in [0.5, 0.6) is 0 Å². The predicted octanol–water partition coefficient (Wildman–Crippen LogP) is 2.99. The molecule has 2 rings (SSSR count). The Morgan fingerprint density at radius 2 is 2.15 bits per heavy atom. The number of aryl methyl sites for hydroxylation is 1. The van der Waals surface area contributed by atoms with E-state index in [2.05, 4.69) is 28.9 Å². The summed E-state index contributed by atoms with van der Waals surface area (Å²) in [4.78, 5) is 0. The Morgan fingerprint density at radius 3 is 2.69 bits per heavy atom. The summed E-state index contributed by atoms with van der Waals surface area (Å²) in [6.07, 6.45) is 2.82. The number of hydrogen-bond acceptors (Lipinski definition) is 1. The molecule has 1 saturated carbocycles. The maximum absolute atomic E-state index is 9.99. The minimum atomic E-state index is -0.494. The number of halogens is 1. The predicted molar refractivity (Wildman–Crippen MR) is 56.7 cm³/mol. The van der Waals surface area contributed by atoms with Crippen molar-refractivity contribution in [3.05, 3.63) is 33.8 Å². The van der Waals surface area contributed by atoms with Crippen LogP contribution in [0.25, 0.3) is 0 Å². The molecular formula is C11H13BrO. The van der Waals surface area contributed by atoms with Gasteiger partial charge in [0.2, 0.25) is 0 Å². The highest BCUT2D eigenvalue weighted by Crippen LogP contribution is 2.46. The van der Waals surface area contributed by atoms with Gasteiger partial charge in [-0.25, -0.2) is 0 Å². The van der Waals surface area contributed by atoms with Crippen LogP contribution in [0.15, 0.2) is 22.7 Å². The van der Waals surface area contributed by atoms with Crippen molar-refractivity contribution in [2.45, 2.75) is 31.8 Å². The van der Waals surface area contributed by atoms with Crippen molar-refractivity contribution >= 4 is 15.9 Å². The van der Waals surface area contributed by atoms with Crippen molar-refractivity contribution in [2.24, 2.45) is 0 Å². The van der Waals surface area contributed by atoms with E-state index in [1.165, 1.54) is 5.56 Å². The molecule has 70 valence electrons. The Balaban J connectivity index is 2.45. The fourth-order valence-electron chi connectivity index (χ4n) is 1.70. The summed E-state index contributed by atoms with van der Waals surface area (Å²) in [6.45, 7) is 2.12. The first kappa shape index (κ1) is 9.22. The molecule has 2 heteroatoms. The summed E-state index contributed by atoms with van der Waals surface area (Å²) in [5.41, 5.74) is 1.89. The molecule has 1 aliphatic rings. The van der Waals surface area contributed by atoms with Crippen LogP contribution in [-0.4, -0.2) is 5.11 Å². The molecule has 1 N–H and O–H groups in total. The Hall–Kier alpha value is -0.340. The molecule has 0 amide bonds. The third-order valence-electron chi connectivity index (χ3n) is 2.67. The van der Waals surface area contributed by atoms with E-state index in [4.69, 9.17) is 0 Å². The van der Waals surface area contributed by atoms with Crippen molar-refractivity contribution in [1.29, 1.82) is 0 Å². The summed E-state index contributed by atoms with van der Waals surface area (Å²) >= 11 is 3.44. The Bertz CT molecular complexity index is 329. The zero-order valence-electron chi connectivity index (χ0n) is 7.68. The van der Waals surface area contributed by atoms with Gasteiger partial charge in [-0.3, -0.25) is 0 Å². The van der Waals surface area contributed by atoms with Crippen molar-refractivity contribution in [1.82, 2.24) is 0 Å². The molecule has 1 nitrogen and oxygen atoms in total. The molecule has 0 spiro atoms.